The van der Waals surface area contributed by atoms with E-state index >= 15 is 0 Å². The third-order valence-corrected chi connectivity index (χ3v) is 3.31. The number of primary amides is 1. The van der Waals surface area contributed by atoms with Crippen LogP contribution in [0, 0.1) is 5.92 Å². The molecule has 4 nitrogen and oxygen atoms in total. The summed E-state index contributed by atoms with van der Waals surface area (Å²) < 4.78 is 0. The highest BCUT2D eigenvalue weighted by Crippen LogP contribution is 2.28. The van der Waals surface area contributed by atoms with Crippen LogP contribution in [0.2, 0.25) is 0 Å². The van der Waals surface area contributed by atoms with Crippen LogP contribution < -0.4 is 11.1 Å². The standard InChI is InChI=1S/C13H16N2O2/c1-8(12(16)13(14)17)11-10-5-3-2-4-9(10)6-7-15-11/h2-5,8,11,15H,6-7H2,1H3,(H2,14,17). The maximum atomic E-state index is 11.6. The van der Waals surface area contributed by atoms with Crippen molar-refractivity contribution in [1.82, 2.24) is 5.32 Å². The number of ketones is 1. The lowest BCUT2D eigenvalue weighted by atomic mass is 9.85. The predicted molar refractivity (Wildman–Crippen MR) is 64.3 cm³/mol. The summed E-state index contributed by atoms with van der Waals surface area (Å²) in [5.41, 5.74) is 7.38. The van der Waals surface area contributed by atoms with Crippen LogP contribution in [0.25, 0.3) is 0 Å². The Morgan fingerprint density at radius 2 is 2.12 bits per heavy atom. The fourth-order valence-electron chi connectivity index (χ4n) is 2.36. The monoisotopic (exact) mass is 232 g/mol. The van der Waals surface area contributed by atoms with Crippen molar-refractivity contribution in [2.24, 2.45) is 11.7 Å². The second kappa shape index (κ2) is 4.67. The normalized spacial score (nSPS) is 20.4. The Morgan fingerprint density at radius 3 is 2.82 bits per heavy atom. The molecule has 2 atom stereocenters. The van der Waals surface area contributed by atoms with Gasteiger partial charge in [-0.25, -0.2) is 0 Å². The number of rotatable bonds is 3. The summed E-state index contributed by atoms with van der Waals surface area (Å²) in [4.78, 5) is 22.6. The molecule has 0 aliphatic carbocycles. The third kappa shape index (κ3) is 2.22. The summed E-state index contributed by atoms with van der Waals surface area (Å²) in [6.07, 6.45) is 0.949. The Morgan fingerprint density at radius 1 is 1.41 bits per heavy atom. The van der Waals surface area contributed by atoms with Crippen LogP contribution in [0.4, 0.5) is 0 Å². The van der Waals surface area contributed by atoms with Crippen LogP contribution >= 0.6 is 0 Å². The van der Waals surface area contributed by atoms with E-state index in [2.05, 4.69) is 11.4 Å². The highest BCUT2D eigenvalue weighted by molar-refractivity contribution is 6.36. The average Bonchev–Trinajstić information content (AvgIpc) is 2.36. The van der Waals surface area contributed by atoms with E-state index in [1.807, 2.05) is 18.2 Å². The Kier molecular flexibility index (Phi) is 3.24. The van der Waals surface area contributed by atoms with E-state index in [1.165, 1.54) is 5.56 Å². The number of carbonyl (C=O) groups excluding carboxylic acids is 2. The van der Waals surface area contributed by atoms with E-state index in [9.17, 15) is 9.59 Å². The average molecular weight is 232 g/mol. The zero-order chi connectivity index (χ0) is 12.4. The quantitative estimate of drug-likeness (QED) is 0.748. The van der Waals surface area contributed by atoms with Gasteiger partial charge in [0.2, 0.25) is 5.78 Å². The van der Waals surface area contributed by atoms with E-state index in [0.717, 1.165) is 18.5 Å². The summed E-state index contributed by atoms with van der Waals surface area (Å²) >= 11 is 0. The minimum absolute atomic E-state index is 0.111. The Balaban J connectivity index is 2.29. The molecule has 2 rings (SSSR count). The minimum Gasteiger partial charge on any atom is -0.363 e. The van der Waals surface area contributed by atoms with Crippen LogP contribution in [-0.4, -0.2) is 18.2 Å². The van der Waals surface area contributed by atoms with Gasteiger partial charge in [0.05, 0.1) is 0 Å². The van der Waals surface area contributed by atoms with Gasteiger partial charge in [0.25, 0.3) is 5.91 Å². The molecule has 1 heterocycles. The molecule has 2 unspecified atom stereocenters. The molecule has 1 aliphatic heterocycles. The zero-order valence-corrected chi connectivity index (χ0v) is 9.77. The van der Waals surface area contributed by atoms with E-state index in [0.29, 0.717) is 0 Å². The van der Waals surface area contributed by atoms with E-state index in [-0.39, 0.29) is 6.04 Å². The molecule has 0 saturated heterocycles. The Hall–Kier alpha value is -1.68. The van der Waals surface area contributed by atoms with Crippen molar-refractivity contribution < 1.29 is 9.59 Å². The fourth-order valence-corrected chi connectivity index (χ4v) is 2.36. The van der Waals surface area contributed by atoms with Gasteiger partial charge in [-0.05, 0) is 24.1 Å². The molecule has 0 fully saturated rings. The lowest BCUT2D eigenvalue weighted by Crippen LogP contribution is -2.40. The number of Topliss-reactive ketones (excluding diaryl/α,β-unsaturated/α-hetero) is 1. The Labute approximate surface area is 100 Å². The molecule has 4 heteroatoms. The molecule has 1 aromatic rings. The number of amides is 1. The largest absolute Gasteiger partial charge is 0.363 e. The lowest BCUT2D eigenvalue weighted by Gasteiger charge is -2.30. The molecule has 0 aromatic heterocycles. The van der Waals surface area contributed by atoms with E-state index in [4.69, 9.17) is 5.73 Å². The molecule has 0 saturated carbocycles. The van der Waals surface area contributed by atoms with Crippen molar-refractivity contribution in [2.75, 3.05) is 6.54 Å². The molecule has 0 spiro atoms. The maximum Gasteiger partial charge on any atom is 0.285 e. The van der Waals surface area contributed by atoms with Gasteiger partial charge < -0.3 is 11.1 Å². The predicted octanol–water partition coefficient (Wildman–Crippen LogP) is 0.564. The number of hydrogen-bond donors (Lipinski definition) is 2. The van der Waals surface area contributed by atoms with Gasteiger partial charge in [0.1, 0.15) is 0 Å². The topological polar surface area (TPSA) is 72.2 Å². The van der Waals surface area contributed by atoms with Gasteiger partial charge in [0, 0.05) is 12.0 Å². The molecule has 90 valence electrons. The number of nitrogens with one attached hydrogen (secondary N) is 1. The highest BCUT2D eigenvalue weighted by Gasteiger charge is 2.31. The third-order valence-electron chi connectivity index (χ3n) is 3.31. The smallest absolute Gasteiger partial charge is 0.285 e. The number of fused-ring (bicyclic) bond motifs is 1. The first-order valence-corrected chi connectivity index (χ1v) is 5.76. The number of nitrogens with two attached hydrogens (primary N) is 1. The summed E-state index contributed by atoms with van der Waals surface area (Å²) in [6.45, 7) is 2.56. The van der Waals surface area contributed by atoms with Crippen LogP contribution in [0.5, 0.6) is 0 Å². The van der Waals surface area contributed by atoms with Crippen molar-refractivity contribution in [2.45, 2.75) is 19.4 Å². The summed E-state index contributed by atoms with van der Waals surface area (Å²) in [5.74, 6) is -1.80. The van der Waals surface area contributed by atoms with Crippen molar-refractivity contribution >= 4 is 11.7 Å². The first kappa shape index (κ1) is 11.8. The van der Waals surface area contributed by atoms with Gasteiger partial charge in [0.15, 0.2) is 0 Å². The van der Waals surface area contributed by atoms with Crippen LogP contribution in [0.3, 0.4) is 0 Å². The molecule has 0 bridgehead atoms. The first-order chi connectivity index (χ1) is 8.11. The lowest BCUT2D eigenvalue weighted by molar-refractivity contribution is -0.138. The van der Waals surface area contributed by atoms with Gasteiger partial charge in [-0.2, -0.15) is 0 Å². The van der Waals surface area contributed by atoms with Crippen molar-refractivity contribution in [1.29, 1.82) is 0 Å². The van der Waals surface area contributed by atoms with Crippen molar-refractivity contribution in [3.8, 4) is 0 Å². The van der Waals surface area contributed by atoms with Crippen LogP contribution in [-0.2, 0) is 16.0 Å². The summed E-state index contributed by atoms with van der Waals surface area (Å²) in [5, 5.41) is 3.28. The summed E-state index contributed by atoms with van der Waals surface area (Å²) in [7, 11) is 0. The van der Waals surface area contributed by atoms with Crippen LogP contribution in [0.15, 0.2) is 24.3 Å². The maximum absolute atomic E-state index is 11.6. The molecular formula is C13H16N2O2. The van der Waals surface area contributed by atoms with Gasteiger partial charge in [-0.1, -0.05) is 31.2 Å². The second-order valence-electron chi connectivity index (χ2n) is 4.40. The second-order valence-corrected chi connectivity index (χ2v) is 4.40. The zero-order valence-electron chi connectivity index (χ0n) is 9.77. The molecule has 17 heavy (non-hydrogen) atoms. The molecule has 1 aliphatic rings. The van der Waals surface area contributed by atoms with Gasteiger partial charge >= 0.3 is 0 Å². The summed E-state index contributed by atoms with van der Waals surface area (Å²) in [6, 6.07) is 7.88. The van der Waals surface area contributed by atoms with E-state index in [1.54, 1.807) is 6.92 Å². The van der Waals surface area contributed by atoms with Crippen molar-refractivity contribution in [3.05, 3.63) is 35.4 Å². The molecule has 3 N–H and O–H groups in total. The van der Waals surface area contributed by atoms with Crippen LogP contribution in [0.1, 0.15) is 24.1 Å². The molecule has 1 amide bonds. The SMILES string of the molecule is CC(C(=O)C(N)=O)C1NCCc2ccccc21. The van der Waals surface area contributed by atoms with E-state index < -0.39 is 17.6 Å². The van der Waals surface area contributed by atoms with Gasteiger partial charge in [-0.3, -0.25) is 9.59 Å². The molecule has 0 radical (unpaired) electrons. The van der Waals surface area contributed by atoms with Gasteiger partial charge in [-0.15, -0.1) is 0 Å². The minimum atomic E-state index is -0.859. The molecular weight excluding hydrogens is 216 g/mol. The Bertz CT molecular complexity index is 456. The number of hydrogen-bond acceptors (Lipinski definition) is 3. The first-order valence-electron chi connectivity index (χ1n) is 5.76. The molecule has 1 aromatic carbocycles. The number of benzene rings is 1. The number of carbonyl (C=O) groups is 2. The fraction of sp³-hybridized carbons (Fsp3) is 0.385. The highest BCUT2D eigenvalue weighted by atomic mass is 16.2. The van der Waals surface area contributed by atoms with Crippen molar-refractivity contribution in [3.63, 3.8) is 0 Å².